The maximum atomic E-state index is 4.19. The van der Waals surface area contributed by atoms with E-state index in [1.54, 1.807) is 10.8 Å². The molecule has 0 spiro atoms. The first-order valence-electron chi connectivity index (χ1n) is 17.5. The molecule has 2 rings (SSSR count). The van der Waals surface area contributed by atoms with Gasteiger partial charge in [-0.3, -0.25) is 0 Å². The summed E-state index contributed by atoms with van der Waals surface area (Å²) in [6.45, 7) is 55.5. The average molecular weight is 936 g/mol. The third-order valence-electron chi connectivity index (χ3n) is 9.83. The molecule has 260 valence electrons. The molecule has 2 aromatic carbocycles. The molecular formula is C36H70Se3Si7. The second-order valence-electron chi connectivity index (χ2n) is 21.0. The monoisotopic (exact) mass is 938 g/mol. The van der Waals surface area contributed by atoms with Crippen molar-refractivity contribution in [2.24, 2.45) is 0 Å². The summed E-state index contributed by atoms with van der Waals surface area (Å²) in [6, 6.07) is 10.8. The third kappa shape index (κ3) is 9.68. The molecule has 0 amide bonds. The fraction of sp³-hybridized carbons (Fsp3) is 0.667. The molecule has 0 bridgehead atoms. The molecule has 0 heterocycles. The zero-order chi connectivity index (χ0) is 36.4. The van der Waals surface area contributed by atoms with Crippen LogP contribution in [0.1, 0.15) is 48.9 Å². The van der Waals surface area contributed by atoms with Gasteiger partial charge in [-0.15, -0.1) is 0 Å². The molecule has 2 radical (unpaired) electrons. The van der Waals surface area contributed by atoms with Crippen LogP contribution in [0.15, 0.2) is 24.3 Å². The van der Waals surface area contributed by atoms with Crippen LogP contribution in [0, 0.1) is 20.8 Å². The van der Waals surface area contributed by atoms with Crippen LogP contribution >= 0.6 is 0 Å². The van der Waals surface area contributed by atoms with Crippen LogP contribution in [-0.2, 0) is 0 Å². The molecule has 0 fully saturated rings. The van der Waals surface area contributed by atoms with Gasteiger partial charge in [-0.05, 0) is 0 Å². The van der Waals surface area contributed by atoms with Gasteiger partial charge in [0.25, 0.3) is 0 Å². The minimum atomic E-state index is -2.27. The summed E-state index contributed by atoms with van der Waals surface area (Å²) in [5, 5.41) is 3.46. The Bertz CT molecular complexity index is 1280. The van der Waals surface area contributed by atoms with Crippen LogP contribution in [-0.4, -0.2) is 95.8 Å². The fourth-order valence-corrected chi connectivity index (χ4v) is 65.4. The van der Waals surface area contributed by atoms with E-state index in [0.29, 0.717) is 12.5 Å². The Labute approximate surface area is 315 Å². The summed E-state index contributed by atoms with van der Waals surface area (Å²) in [5.74, 6) is 0. The van der Waals surface area contributed by atoms with Gasteiger partial charge in [0.15, 0.2) is 0 Å². The SMILES string of the molecule is Cc1cc(C)c([Si]([Se])([Se][Se])c2c(C([Si](C)(C)C)[Si](C)(C)C)cc(C([Si](C)(C)C)[Si](C)(C)C)cc2C([Si](C)(C)C)[Si](C)(C)C)c(C)c1. The third-order valence-corrected chi connectivity index (χ3v) is 66.5. The second-order valence-corrected chi connectivity index (χ2v) is 75.2. The van der Waals surface area contributed by atoms with Crippen LogP contribution < -0.4 is 10.4 Å². The molecule has 10 heteroatoms. The van der Waals surface area contributed by atoms with Crippen molar-refractivity contribution in [1.29, 1.82) is 0 Å². The fourth-order valence-electron chi connectivity index (χ4n) is 10.4. The van der Waals surface area contributed by atoms with E-state index in [1.165, 1.54) is 16.7 Å². The molecule has 0 aliphatic heterocycles. The van der Waals surface area contributed by atoms with E-state index in [2.05, 4.69) is 192 Å². The number of benzene rings is 2. The molecule has 0 aliphatic rings. The number of aryl methyl sites for hydroxylation is 3. The van der Waals surface area contributed by atoms with Crippen LogP contribution in [0.3, 0.4) is 0 Å². The van der Waals surface area contributed by atoms with Crippen molar-refractivity contribution < 1.29 is 0 Å². The quantitative estimate of drug-likeness (QED) is 0.186. The first-order chi connectivity index (χ1) is 20.2. The number of hydrogen-bond donors (Lipinski definition) is 0. The van der Waals surface area contributed by atoms with Gasteiger partial charge in [-0.25, -0.2) is 0 Å². The Balaban J connectivity index is 3.59. The minimum absolute atomic E-state index is 0.354. The molecule has 0 aromatic heterocycles. The first kappa shape index (κ1) is 43.7. The average Bonchev–Trinajstić information content (AvgIpc) is 2.71. The van der Waals surface area contributed by atoms with Gasteiger partial charge in [-0.1, -0.05) is 0 Å². The standard InChI is InChI=1S/C36H70Se3Si7/c1-26-22-27(2)32(28(3)23-26)46(38,39-37)33-30(35(42(10,11)12)43(13,14)15)24-29(34(40(4,5)6)41(7,8)9)25-31(33)36(44(16,17)18)45(19,20)21/h22-25,34-36H,1-21H3. The normalized spacial score (nSPS) is 15.7. The molecule has 2 aromatic rings. The van der Waals surface area contributed by atoms with Gasteiger partial charge >= 0.3 is 318 Å². The van der Waals surface area contributed by atoms with Crippen molar-refractivity contribution in [1.82, 2.24) is 0 Å². The van der Waals surface area contributed by atoms with Crippen LogP contribution in [0.2, 0.25) is 118 Å². The molecular weight excluding hydrogens is 866 g/mol. The molecule has 0 N–H and O–H groups in total. The summed E-state index contributed by atoms with van der Waals surface area (Å²) < 4.78 is 0. The first-order valence-corrected chi connectivity index (χ1v) is 50.2. The molecule has 0 nitrogen and oxygen atoms in total. The molecule has 1 atom stereocenters. The van der Waals surface area contributed by atoms with Crippen molar-refractivity contribution in [2.45, 2.75) is 154 Å². The van der Waals surface area contributed by atoms with Gasteiger partial charge in [0, 0.05) is 0 Å². The van der Waals surface area contributed by atoms with E-state index < -0.39 is 53.7 Å². The van der Waals surface area contributed by atoms with Crippen LogP contribution in [0.5, 0.6) is 0 Å². The number of rotatable bonds is 12. The van der Waals surface area contributed by atoms with Crippen LogP contribution in [0.4, 0.5) is 0 Å². The second kappa shape index (κ2) is 14.5. The summed E-state index contributed by atoms with van der Waals surface area (Å²) in [4.78, 5) is 0. The molecule has 46 heavy (non-hydrogen) atoms. The van der Waals surface area contributed by atoms with E-state index in [0.717, 1.165) is 15.5 Å². The Hall–Kier alpha value is 1.52. The van der Waals surface area contributed by atoms with Crippen LogP contribution in [0.25, 0.3) is 0 Å². The van der Waals surface area contributed by atoms with Gasteiger partial charge in [0.05, 0.1) is 0 Å². The van der Waals surface area contributed by atoms with E-state index in [4.69, 9.17) is 0 Å². The molecule has 0 saturated heterocycles. The Morgan fingerprint density at radius 2 is 0.739 bits per heavy atom. The van der Waals surface area contributed by atoms with Gasteiger partial charge < -0.3 is 0 Å². The number of hydrogen-bond acceptors (Lipinski definition) is 0. The van der Waals surface area contributed by atoms with E-state index in [9.17, 15) is 0 Å². The molecule has 0 saturated carbocycles. The topological polar surface area (TPSA) is 0 Å². The van der Waals surface area contributed by atoms with Crippen molar-refractivity contribution >= 4 is 106 Å². The van der Waals surface area contributed by atoms with Gasteiger partial charge in [0.1, 0.15) is 0 Å². The van der Waals surface area contributed by atoms with Crippen molar-refractivity contribution in [3.63, 3.8) is 0 Å². The van der Waals surface area contributed by atoms with Crippen molar-refractivity contribution in [2.75, 3.05) is 0 Å². The Morgan fingerprint density at radius 1 is 0.457 bits per heavy atom. The predicted molar refractivity (Wildman–Crippen MR) is 238 cm³/mol. The van der Waals surface area contributed by atoms with E-state index in [-0.39, 0.29) is 0 Å². The maximum absolute atomic E-state index is 4.19. The van der Waals surface area contributed by atoms with Gasteiger partial charge in [0.2, 0.25) is 0 Å². The zero-order valence-corrected chi connectivity index (χ0v) is 45.9. The van der Waals surface area contributed by atoms with E-state index in [1.807, 2.05) is 16.3 Å². The Morgan fingerprint density at radius 3 is 0.978 bits per heavy atom. The summed E-state index contributed by atoms with van der Waals surface area (Å²) in [7, 11) is -9.47. The van der Waals surface area contributed by atoms with Crippen molar-refractivity contribution in [3.05, 3.63) is 57.6 Å². The zero-order valence-electron chi connectivity index (χ0n) is 33.8. The van der Waals surface area contributed by atoms with Gasteiger partial charge in [-0.2, -0.15) is 0 Å². The summed E-state index contributed by atoms with van der Waals surface area (Å²) in [6.07, 6.45) is 0. The molecule has 1 unspecified atom stereocenters. The Kier molecular flexibility index (Phi) is 13.8. The summed E-state index contributed by atoms with van der Waals surface area (Å²) >= 11 is 8.32. The van der Waals surface area contributed by atoms with Crippen molar-refractivity contribution in [3.8, 4) is 0 Å². The summed E-state index contributed by atoms with van der Waals surface area (Å²) in [5.41, 5.74) is 9.83. The van der Waals surface area contributed by atoms with E-state index >= 15 is 0 Å². The predicted octanol–water partition coefficient (Wildman–Crippen LogP) is 9.64. The molecule has 0 aliphatic carbocycles.